The molecule has 1 heterocycles. The number of hydrogen-bond acceptors (Lipinski definition) is 4. The second-order valence-corrected chi connectivity index (χ2v) is 6.63. The maximum absolute atomic E-state index is 13.9. The Labute approximate surface area is 145 Å². The lowest BCUT2D eigenvalue weighted by Crippen LogP contribution is -2.52. The number of carboxylic acids is 1. The van der Waals surface area contributed by atoms with E-state index in [0.29, 0.717) is 17.3 Å². The number of aromatic nitrogens is 1. The first kappa shape index (κ1) is 16.6. The Hall–Kier alpha value is -2.22. The van der Waals surface area contributed by atoms with Gasteiger partial charge >= 0.3 is 5.97 Å². The second-order valence-electron chi connectivity index (χ2n) is 5.71. The van der Waals surface area contributed by atoms with Crippen LogP contribution < -0.4 is 5.32 Å². The molecule has 0 spiro atoms. The van der Waals surface area contributed by atoms with Crippen molar-refractivity contribution in [1.29, 1.82) is 0 Å². The van der Waals surface area contributed by atoms with E-state index in [-0.39, 0.29) is 17.1 Å². The standard InChI is InChI=1S/C16H14BrFN2O4/c17-9-3-4-10(11(18)7-9)14-19-12(8-24-14)13(21)20-16(15(22)23)5-1-2-6-16/h3-4,7-8H,1-2,5-6H2,(H,20,21)(H,22,23). The van der Waals surface area contributed by atoms with Crippen LogP contribution in [-0.4, -0.2) is 27.5 Å². The minimum Gasteiger partial charge on any atom is -0.480 e. The number of nitrogens with zero attached hydrogens (tertiary/aromatic N) is 1. The first-order valence-electron chi connectivity index (χ1n) is 7.38. The molecule has 0 saturated heterocycles. The van der Waals surface area contributed by atoms with Crippen molar-refractivity contribution in [2.45, 2.75) is 31.2 Å². The lowest BCUT2D eigenvalue weighted by molar-refractivity contribution is -0.144. The van der Waals surface area contributed by atoms with Crippen molar-refractivity contribution in [2.24, 2.45) is 0 Å². The van der Waals surface area contributed by atoms with Crippen LogP contribution in [0, 0.1) is 5.82 Å². The lowest BCUT2D eigenvalue weighted by atomic mass is 9.98. The molecule has 1 amide bonds. The number of aliphatic carboxylic acids is 1. The highest BCUT2D eigenvalue weighted by Gasteiger charge is 2.43. The number of amides is 1. The molecule has 0 radical (unpaired) electrons. The Balaban J connectivity index is 1.82. The van der Waals surface area contributed by atoms with Crippen LogP contribution in [0.5, 0.6) is 0 Å². The molecule has 1 aromatic heterocycles. The molecule has 1 fully saturated rings. The summed E-state index contributed by atoms with van der Waals surface area (Å²) in [5.41, 5.74) is -1.23. The highest BCUT2D eigenvalue weighted by Crippen LogP contribution is 2.30. The zero-order chi connectivity index (χ0) is 17.3. The Morgan fingerprint density at radius 3 is 2.67 bits per heavy atom. The third-order valence-electron chi connectivity index (χ3n) is 4.12. The number of oxazole rings is 1. The quantitative estimate of drug-likeness (QED) is 0.826. The molecule has 1 saturated carbocycles. The van der Waals surface area contributed by atoms with E-state index in [1.165, 1.54) is 12.1 Å². The van der Waals surface area contributed by atoms with Crippen molar-refractivity contribution < 1.29 is 23.5 Å². The molecule has 24 heavy (non-hydrogen) atoms. The highest BCUT2D eigenvalue weighted by atomic mass is 79.9. The number of carbonyl (C=O) groups excluding carboxylic acids is 1. The molecule has 0 unspecified atom stereocenters. The second kappa shape index (κ2) is 6.35. The summed E-state index contributed by atoms with van der Waals surface area (Å²) in [5, 5.41) is 11.9. The summed E-state index contributed by atoms with van der Waals surface area (Å²) < 4.78 is 19.7. The predicted octanol–water partition coefficient (Wildman–Crippen LogP) is 3.37. The van der Waals surface area contributed by atoms with Crippen LogP contribution in [0.4, 0.5) is 4.39 Å². The van der Waals surface area contributed by atoms with Crippen molar-refractivity contribution in [3.8, 4) is 11.5 Å². The maximum atomic E-state index is 13.9. The minimum atomic E-state index is -1.26. The molecular weight excluding hydrogens is 383 g/mol. The molecule has 0 aliphatic heterocycles. The highest BCUT2D eigenvalue weighted by molar-refractivity contribution is 9.10. The zero-order valence-electron chi connectivity index (χ0n) is 12.5. The largest absolute Gasteiger partial charge is 0.480 e. The smallest absolute Gasteiger partial charge is 0.329 e. The lowest BCUT2D eigenvalue weighted by Gasteiger charge is -2.24. The Kier molecular flexibility index (Phi) is 4.40. The molecule has 0 bridgehead atoms. The van der Waals surface area contributed by atoms with Gasteiger partial charge in [-0.2, -0.15) is 0 Å². The number of rotatable bonds is 4. The molecule has 8 heteroatoms. The third kappa shape index (κ3) is 3.06. The van der Waals surface area contributed by atoms with Gasteiger partial charge < -0.3 is 14.8 Å². The summed E-state index contributed by atoms with van der Waals surface area (Å²) in [6.45, 7) is 0. The zero-order valence-corrected chi connectivity index (χ0v) is 14.1. The van der Waals surface area contributed by atoms with Crippen LogP contribution in [0.1, 0.15) is 36.2 Å². The van der Waals surface area contributed by atoms with E-state index in [1.54, 1.807) is 6.07 Å². The molecule has 6 nitrogen and oxygen atoms in total. The molecule has 2 N–H and O–H groups in total. The van der Waals surface area contributed by atoms with Gasteiger partial charge in [-0.1, -0.05) is 28.8 Å². The molecule has 0 atom stereocenters. The summed E-state index contributed by atoms with van der Waals surface area (Å²) in [6.07, 6.45) is 3.32. The molecule has 3 rings (SSSR count). The normalized spacial score (nSPS) is 16.1. The van der Waals surface area contributed by atoms with Gasteiger partial charge in [-0.25, -0.2) is 14.2 Å². The predicted molar refractivity (Wildman–Crippen MR) is 85.9 cm³/mol. The Morgan fingerprint density at radius 1 is 1.33 bits per heavy atom. The molecular formula is C16H14BrFN2O4. The molecule has 126 valence electrons. The number of carbonyl (C=O) groups is 2. The molecule has 1 aliphatic rings. The number of carboxylic acid groups (broad SMARTS) is 1. The number of hydrogen-bond donors (Lipinski definition) is 2. The average Bonchev–Trinajstić information content (AvgIpc) is 3.17. The van der Waals surface area contributed by atoms with Gasteiger partial charge in [0.05, 0.1) is 5.56 Å². The fourth-order valence-corrected chi connectivity index (χ4v) is 3.15. The van der Waals surface area contributed by atoms with Crippen LogP contribution in [0.2, 0.25) is 0 Å². The van der Waals surface area contributed by atoms with Gasteiger partial charge in [-0.3, -0.25) is 4.79 Å². The fraction of sp³-hybridized carbons (Fsp3) is 0.312. The topological polar surface area (TPSA) is 92.4 Å². The van der Waals surface area contributed by atoms with Gasteiger partial charge in [0.15, 0.2) is 5.69 Å². The van der Waals surface area contributed by atoms with E-state index in [4.69, 9.17) is 4.42 Å². The summed E-state index contributed by atoms with van der Waals surface area (Å²) in [5.74, 6) is -2.29. The van der Waals surface area contributed by atoms with Crippen LogP contribution in [-0.2, 0) is 4.79 Å². The van der Waals surface area contributed by atoms with Gasteiger partial charge in [-0.15, -0.1) is 0 Å². The molecule has 1 aliphatic carbocycles. The van der Waals surface area contributed by atoms with E-state index < -0.39 is 23.2 Å². The Bertz CT molecular complexity index is 799. The Morgan fingerprint density at radius 2 is 2.04 bits per heavy atom. The number of benzene rings is 1. The maximum Gasteiger partial charge on any atom is 0.329 e. The van der Waals surface area contributed by atoms with Crippen molar-refractivity contribution >= 4 is 27.8 Å². The van der Waals surface area contributed by atoms with Crippen LogP contribution in [0.3, 0.4) is 0 Å². The van der Waals surface area contributed by atoms with Gasteiger partial charge in [0.25, 0.3) is 5.91 Å². The molecule has 2 aromatic rings. The van der Waals surface area contributed by atoms with Crippen molar-refractivity contribution in [3.05, 3.63) is 40.4 Å². The third-order valence-corrected chi connectivity index (χ3v) is 4.61. The number of nitrogens with one attached hydrogen (secondary N) is 1. The average molecular weight is 397 g/mol. The minimum absolute atomic E-state index is 0.0408. The van der Waals surface area contributed by atoms with E-state index in [9.17, 15) is 19.1 Å². The number of halogens is 2. The van der Waals surface area contributed by atoms with Crippen molar-refractivity contribution in [1.82, 2.24) is 10.3 Å². The molecule has 1 aromatic carbocycles. The van der Waals surface area contributed by atoms with Gasteiger partial charge in [0.1, 0.15) is 17.6 Å². The van der Waals surface area contributed by atoms with Crippen molar-refractivity contribution in [2.75, 3.05) is 0 Å². The SMILES string of the molecule is O=C(NC1(C(=O)O)CCCC1)c1coc(-c2ccc(Br)cc2F)n1. The van der Waals surface area contributed by atoms with E-state index in [2.05, 4.69) is 26.2 Å². The van der Waals surface area contributed by atoms with Crippen LogP contribution in [0.25, 0.3) is 11.5 Å². The van der Waals surface area contributed by atoms with E-state index >= 15 is 0 Å². The van der Waals surface area contributed by atoms with Gasteiger partial charge in [0.2, 0.25) is 5.89 Å². The first-order valence-corrected chi connectivity index (χ1v) is 8.17. The van der Waals surface area contributed by atoms with Crippen LogP contribution >= 0.6 is 15.9 Å². The first-order chi connectivity index (χ1) is 11.4. The van der Waals surface area contributed by atoms with Crippen LogP contribution in [0.15, 0.2) is 33.4 Å². The summed E-state index contributed by atoms with van der Waals surface area (Å²) in [6, 6.07) is 4.36. The fourth-order valence-electron chi connectivity index (χ4n) is 2.82. The van der Waals surface area contributed by atoms with E-state index in [0.717, 1.165) is 19.1 Å². The summed E-state index contributed by atoms with van der Waals surface area (Å²) in [7, 11) is 0. The van der Waals surface area contributed by atoms with E-state index in [1.807, 2.05) is 0 Å². The van der Waals surface area contributed by atoms with Crippen molar-refractivity contribution in [3.63, 3.8) is 0 Å². The summed E-state index contributed by atoms with van der Waals surface area (Å²) >= 11 is 3.15. The van der Waals surface area contributed by atoms with Gasteiger partial charge in [-0.05, 0) is 31.0 Å². The summed E-state index contributed by atoms with van der Waals surface area (Å²) in [4.78, 5) is 27.8. The monoisotopic (exact) mass is 396 g/mol. The van der Waals surface area contributed by atoms with Gasteiger partial charge in [0, 0.05) is 4.47 Å².